The summed E-state index contributed by atoms with van der Waals surface area (Å²) < 4.78 is 27.4. The lowest BCUT2D eigenvalue weighted by Gasteiger charge is -2.37. The van der Waals surface area contributed by atoms with Crippen LogP contribution >= 0.6 is 11.6 Å². The van der Waals surface area contributed by atoms with Gasteiger partial charge in [0.1, 0.15) is 5.82 Å². The molecule has 0 unspecified atom stereocenters. The molecule has 2 aliphatic heterocycles. The van der Waals surface area contributed by atoms with Crippen LogP contribution in [0.25, 0.3) is 10.8 Å². The standard InChI is InChI=1S/C26H29ClN4O4S/c1-17-28-15-22-16-30(25(33)31(17)22)21-8-10-29(11-9-21)24(32)14-26(2,3)36(34,35)23-7-5-18-12-20(27)6-4-19(18)13-23/h4-7,12-13,15,21H,8-11,14,16H2,1-3H3. The van der Waals surface area contributed by atoms with Crippen LogP contribution in [0.4, 0.5) is 4.79 Å². The molecule has 0 bridgehead atoms. The lowest BCUT2D eigenvalue weighted by Crippen LogP contribution is -2.49. The van der Waals surface area contributed by atoms with Gasteiger partial charge < -0.3 is 9.80 Å². The highest BCUT2D eigenvalue weighted by atomic mass is 35.5. The van der Waals surface area contributed by atoms with E-state index < -0.39 is 14.6 Å². The molecule has 8 nitrogen and oxygen atoms in total. The summed E-state index contributed by atoms with van der Waals surface area (Å²) in [6, 6.07) is 10.2. The van der Waals surface area contributed by atoms with Crippen LogP contribution in [0.3, 0.4) is 0 Å². The van der Waals surface area contributed by atoms with Gasteiger partial charge in [-0.15, -0.1) is 0 Å². The second-order valence-electron chi connectivity index (χ2n) is 10.2. The number of imidazole rings is 1. The summed E-state index contributed by atoms with van der Waals surface area (Å²) in [6.45, 7) is 6.54. The zero-order valence-corrected chi connectivity index (χ0v) is 22.1. The molecule has 1 saturated heterocycles. The van der Waals surface area contributed by atoms with Crippen molar-refractivity contribution in [2.75, 3.05) is 13.1 Å². The average Bonchev–Trinajstić information content (AvgIpc) is 3.37. The molecule has 0 N–H and O–H groups in total. The Morgan fingerprint density at radius 1 is 1.11 bits per heavy atom. The van der Waals surface area contributed by atoms with Crippen LogP contribution < -0.4 is 0 Å². The summed E-state index contributed by atoms with van der Waals surface area (Å²) >= 11 is 6.04. The number of carbonyl (C=O) groups is 2. The molecule has 0 saturated carbocycles. The van der Waals surface area contributed by atoms with E-state index in [4.69, 9.17) is 11.6 Å². The third-order valence-corrected chi connectivity index (χ3v) is 10.1. The van der Waals surface area contributed by atoms with E-state index in [1.807, 2.05) is 11.8 Å². The Bertz CT molecular complexity index is 1470. The molecular weight excluding hydrogens is 500 g/mol. The van der Waals surface area contributed by atoms with Crippen LogP contribution in [-0.2, 0) is 21.2 Å². The van der Waals surface area contributed by atoms with Crippen molar-refractivity contribution < 1.29 is 18.0 Å². The number of carbonyl (C=O) groups excluding carboxylic acids is 2. The number of nitrogens with zero attached hydrogens (tertiary/aromatic N) is 4. The molecule has 2 aromatic carbocycles. The smallest absolute Gasteiger partial charge is 0.330 e. The second kappa shape index (κ2) is 8.88. The van der Waals surface area contributed by atoms with Crippen LogP contribution in [0, 0.1) is 6.92 Å². The van der Waals surface area contributed by atoms with E-state index in [0.717, 1.165) is 16.5 Å². The van der Waals surface area contributed by atoms with E-state index in [1.165, 1.54) is 0 Å². The maximum absolute atomic E-state index is 13.5. The van der Waals surface area contributed by atoms with Gasteiger partial charge in [0.05, 0.1) is 28.1 Å². The van der Waals surface area contributed by atoms with E-state index in [0.29, 0.717) is 43.3 Å². The maximum Gasteiger partial charge on any atom is 0.330 e. The Kier molecular flexibility index (Phi) is 6.11. The molecule has 1 aromatic heterocycles. The number of aromatic nitrogens is 2. The van der Waals surface area contributed by atoms with Gasteiger partial charge in [-0.25, -0.2) is 18.2 Å². The van der Waals surface area contributed by atoms with Crippen molar-refractivity contribution in [1.29, 1.82) is 0 Å². The molecular formula is C26H29ClN4O4S. The third-order valence-electron chi connectivity index (χ3n) is 7.43. The quantitative estimate of drug-likeness (QED) is 0.489. The topological polar surface area (TPSA) is 92.6 Å². The monoisotopic (exact) mass is 528 g/mol. The molecule has 0 spiro atoms. The maximum atomic E-state index is 13.5. The molecule has 3 heterocycles. The molecule has 2 amide bonds. The summed E-state index contributed by atoms with van der Waals surface area (Å²) in [7, 11) is -3.78. The van der Waals surface area contributed by atoms with Crippen molar-refractivity contribution in [3.05, 3.63) is 59.1 Å². The Morgan fingerprint density at radius 2 is 1.78 bits per heavy atom. The minimum absolute atomic E-state index is 0.0451. The fraction of sp³-hybridized carbons (Fsp3) is 0.423. The summed E-state index contributed by atoms with van der Waals surface area (Å²) in [5.41, 5.74) is 0.889. The highest BCUT2D eigenvalue weighted by Crippen LogP contribution is 2.33. The van der Waals surface area contributed by atoms with Gasteiger partial charge in [-0.05, 0) is 68.7 Å². The molecule has 3 aromatic rings. The molecule has 10 heteroatoms. The highest BCUT2D eigenvalue weighted by molar-refractivity contribution is 7.92. The van der Waals surface area contributed by atoms with Crippen molar-refractivity contribution in [2.24, 2.45) is 0 Å². The van der Waals surface area contributed by atoms with Crippen molar-refractivity contribution in [1.82, 2.24) is 19.4 Å². The largest absolute Gasteiger partial charge is 0.342 e. The number of hydrogen-bond acceptors (Lipinski definition) is 5. The minimum atomic E-state index is -3.78. The number of piperidine rings is 1. The first-order valence-electron chi connectivity index (χ1n) is 12.0. The third kappa shape index (κ3) is 4.18. The van der Waals surface area contributed by atoms with Gasteiger partial charge in [-0.1, -0.05) is 23.7 Å². The number of likely N-dealkylation sites (tertiary alicyclic amines) is 1. The van der Waals surface area contributed by atoms with Crippen molar-refractivity contribution in [3.8, 4) is 0 Å². The Morgan fingerprint density at radius 3 is 2.47 bits per heavy atom. The number of halogens is 1. The van der Waals surface area contributed by atoms with Crippen molar-refractivity contribution in [2.45, 2.75) is 62.3 Å². The Labute approximate surface area is 215 Å². The van der Waals surface area contributed by atoms with E-state index in [9.17, 15) is 18.0 Å². The SMILES string of the molecule is Cc1ncc2n1C(=O)N(C1CCN(C(=O)CC(C)(C)S(=O)(=O)c3ccc4cc(Cl)ccc4c3)CC1)C2. The number of benzene rings is 2. The number of rotatable bonds is 5. The number of hydrogen-bond donors (Lipinski definition) is 0. The van der Waals surface area contributed by atoms with Gasteiger partial charge >= 0.3 is 6.03 Å². The lowest BCUT2D eigenvalue weighted by atomic mass is 10.0. The second-order valence-corrected chi connectivity index (χ2v) is 13.3. The molecule has 190 valence electrons. The molecule has 1 fully saturated rings. The van der Waals surface area contributed by atoms with Crippen LogP contribution in [0.15, 0.2) is 47.5 Å². The summed E-state index contributed by atoms with van der Waals surface area (Å²) in [4.78, 5) is 34.0. The predicted octanol–water partition coefficient (Wildman–Crippen LogP) is 4.42. The molecule has 0 aliphatic carbocycles. The van der Waals surface area contributed by atoms with Gasteiger partial charge in [0.2, 0.25) is 5.91 Å². The van der Waals surface area contributed by atoms with Crippen LogP contribution in [0.5, 0.6) is 0 Å². The van der Waals surface area contributed by atoms with Gasteiger partial charge in [0, 0.05) is 30.6 Å². The first kappa shape index (κ1) is 24.8. The summed E-state index contributed by atoms with van der Waals surface area (Å²) in [5, 5.41) is 2.22. The predicted molar refractivity (Wildman–Crippen MR) is 138 cm³/mol. The van der Waals surface area contributed by atoms with Crippen LogP contribution in [0.1, 0.15) is 44.6 Å². The van der Waals surface area contributed by atoms with E-state index in [-0.39, 0.29) is 29.3 Å². The number of sulfone groups is 1. The normalized spacial score (nSPS) is 17.2. The highest BCUT2D eigenvalue weighted by Gasteiger charge is 2.41. The number of fused-ring (bicyclic) bond motifs is 2. The van der Waals surface area contributed by atoms with Crippen molar-refractivity contribution >= 4 is 44.1 Å². The first-order chi connectivity index (χ1) is 17.0. The lowest BCUT2D eigenvalue weighted by molar-refractivity contribution is -0.133. The molecule has 0 radical (unpaired) electrons. The van der Waals surface area contributed by atoms with Crippen LogP contribution in [0.2, 0.25) is 5.02 Å². The number of amides is 2. The molecule has 5 rings (SSSR count). The van der Waals surface area contributed by atoms with E-state index in [2.05, 4.69) is 4.98 Å². The first-order valence-corrected chi connectivity index (χ1v) is 13.9. The van der Waals surface area contributed by atoms with Crippen molar-refractivity contribution in [3.63, 3.8) is 0 Å². The van der Waals surface area contributed by atoms with Gasteiger partial charge in [-0.2, -0.15) is 0 Å². The summed E-state index contributed by atoms with van der Waals surface area (Å²) in [6.07, 6.45) is 2.95. The Hall–Kier alpha value is -2.91. The van der Waals surface area contributed by atoms with Crippen LogP contribution in [-0.4, -0.2) is 63.6 Å². The zero-order chi connectivity index (χ0) is 25.8. The summed E-state index contributed by atoms with van der Waals surface area (Å²) in [5.74, 6) is 0.498. The Balaban J connectivity index is 1.24. The minimum Gasteiger partial charge on any atom is -0.342 e. The fourth-order valence-corrected chi connectivity index (χ4v) is 6.86. The number of aryl methyl sites for hydroxylation is 1. The molecule has 36 heavy (non-hydrogen) atoms. The van der Waals surface area contributed by atoms with Gasteiger partial charge in [0.15, 0.2) is 9.84 Å². The molecule has 2 aliphatic rings. The average molecular weight is 529 g/mol. The van der Waals surface area contributed by atoms with Gasteiger partial charge in [0.25, 0.3) is 0 Å². The van der Waals surface area contributed by atoms with Gasteiger partial charge in [-0.3, -0.25) is 9.36 Å². The van der Waals surface area contributed by atoms with E-state index in [1.54, 1.807) is 65.9 Å². The molecule has 0 atom stereocenters. The zero-order valence-electron chi connectivity index (χ0n) is 20.6. The van der Waals surface area contributed by atoms with E-state index >= 15 is 0 Å². The fourth-order valence-electron chi connectivity index (χ4n) is 5.20.